The van der Waals surface area contributed by atoms with E-state index in [2.05, 4.69) is 5.10 Å². The molecule has 1 aliphatic rings. The summed E-state index contributed by atoms with van der Waals surface area (Å²) in [5.74, 6) is -0.437. The molecule has 116 valence electrons. The molecule has 21 heavy (non-hydrogen) atoms. The lowest BCUT2D eigenvalue weighted by atomic mass is 9.77. The molecule has 1 aliphatic heterocycles. The van der Waals surface area contributed by atoms with E-state index in [1.54, 1.807) is 18.9 Å². The summed E-state index contributed by atoms with van der Waals surface area (Å²) in [6.07, 6.45) is 1.80. The van der Waals surface area contributed by atoms with Crippen molar-refractivity contribution in [3.8, 4) is 0 Å². The van der Waals surface area contributed by atoms with Crippen LogP contribution in [0.15, 0.2) is 0 Å². The Labute approximate surface area is 122 Å². The Kier molecular flexibility index (Phi) is 3.89. The van der Waals surface area contributed by atoms with E-state index in [1.807, 2.05) is 6.92 Å². The van der Waals surface area contributed by atoms with Crippen LogP contribution in [0.1, 0.15) is 31.9 Å². The van der Waals surface area contributed by atoms with Crippen LogP contribution in [-0.2, 0) is 11.8 Å². The Morgan fingerprint density at radius 3 is 2.76 bits per heavy atom. The van der Waals surface area contributed by atoms with Gasteiger partial charge in [0.1, 0.15) is 5.69 Å². The number of hydrogen-bond donors (Lipinski definition) is 1. The molecule has 1 atom stereocenters. The predicted octanol–water partition coefficient (Wildman–Crippen LogP) is 1.72. The Morgan fingerprint density at radius 2 is 2.24 bits per heavy atom. The zero-order chi connectivity index (χ0) is 15.8. The van der Waals surface area contributed by atoms with Crippen molar-refractivity contribution in [2.75, 3.05) is 18.0 Å². The Bertz CT molecular complexity index is 583. The lowest BCUT2D eigenvalue weighted by Gasteiger charge is -2.39. The van der Waals surface area contributed by atoms with E-state index >= 15 is 0 Å². The van der Waals surface area contributed by atoms with Gasteiger partial charge in [-0.25, -0.2) is 4.68 Å². The third-order valence-corrected chi connectivity index (χ3v) is 4.35. The maximum atomic E-state index is 11.6. The van der Waals surface area contributed by atoms with Gasteiger partial charge in [-0.15, -0.1) is 0 Å². The summed E-state index contributed by atoms with van der Waals surface area (Å²) in [5, 5.41) is 24.9. The fourth-order valence-corrected chi connectivity index (χ4v) is 3.13. The van der Waals surface area contributed by atoms with Gasteiger partial charge in [0, 0.05) is 20.1 Å². The van der Waals surface area contributed by atoms with E-state index in [-0.39, 0.29) is 12.2 Å². The first-order valence-corrected chi connectivity index (χ1v) is 6.98. The maximum absolute atomic E-state index is 11.6. The van der Waals surface area contributed by atoms with Gasteiger partial charge in [-0.1, -0.05) is 6.92 Å². The average molecular weight is 296 g/mol. The summed E-state index contributed by atoms with van der Waals surface area (Å²) in [6, 6.07) is 0. The number of aliphatic carboxylic acids is 1. The van der Waals surface area contributed by atoms with Crippen molar-refractivity contribution < 1.29 is 14.8 Å². The minimum atomic E-state index is -0.843. The van der Waals surface area contributed by atoms with Crippen LogP contribution < -0.4 is 4.90 Å². The van der Waals surface area contributed by atoms with Crippen LogP contribution in [0.3, 0.4) is 0 Å². The van der Waals surface area contributed by atoms with Crippen molar-refractivity contribution >= 4 is 17.5 Å². The summed E-state index contributed by atoms with van der Waals surface area (Å²) in [4.78, 5) is 24.2. The number of anilines is 1. The zero-order valence-corrected chi connectivity index (χ0v) is 12.5. The first kappa shape index (κ1) is 15.3. The van der Waals surface area contributed by atoms with Crippen molar-refractivity contribution in [1.29, 1.82) is 0 Å². The Hall–Kier alpha value is -2.12. The second kappa shape index (κ2) is 5.34. The van der Waals surface area contributed by atoms with Crippen molar-refractivity contribution in [3.63, 3.8) is 0 Å². The van der Waals surface area contributed by atoms with Gasteiger partial charge >= 0.3 is 11.7 Å². The smallest absolute Gasteiger partial charge is 0.333 e. The van der Waals surface area contributed by atoms with Gasteiger partial charge in [-0.2, -0.15) is 5.10 Å². The number of hydrogen-bond acceptors (Lipinski definition) is 5. The number of rotatable bonds is 4. The monoisotopic (exact) mass is 296 g/mol. The van der Waals surface area contributed by atoms with Crippen molar-refractivity contribution in [2.24, 2.45) is 12.5 Å². The molecule has 2 rings (SSSR count). The van der Waals surface area contributed by atoms with Crippen molar-refractivity contribution in [1.82, 2.24) is 9.78 Å². The van der Waals surface area contributed by atoms with E-state index in [0.717, 1.165) is 0 Å². The molecule has 2 heterocycles. The second-order valence-corrected chi connectivity index (χ2v) is 5.60. The second-order valence-electron chi connectivity index (χ2n) is 5.60. The van der Waals surface area contributed by atoms with E-state index in [0.29, 0.717) is 37.3 Å². The molecule has 1 aromatic rings. The number of carbonyl (C=O) groups is 1. The van der Waals surface area contributed by atoms with Crippen LogP contribution in [0.2, 0.25) is 0 Å². The highest BCUT2D eigenvalue weighted by atomic mass is 16.6. The van der Waals surface area contributed by atoms with Gasteiger partial charge in [-0.3, -0.25) is 14.9 Å². The maximum Gasteiger partial charge on any atom is 0.333 e. The number of carboxylic acids is 1. The minimum absolute atomic E-state index is 0.0326. The Morgan fingerprint density at radius 1 is 1.57 bits per heavy atom. The zero-order valence-electron chi connectivity index (χ0n) is 12.5. The molecule has 0 radical (unpaired) electrons. The standard InChI is InChI=1S/C13H20N4O4/c1-4-13(12(18)19)6-5-7-16(8-13)11-10(17(20)21)9(2)14-15(11)3/h4-8H2,1-3H3,(H,18,19). The number of nitro groups is 1. The molecule has 8 nitrogen and oxygen atoms in total. The highest BCUT2D eigenvalue weighted by molar-refractivity contribution is 5.76. The molecule has 0 amide bonds. The van der Waals surface area contributed by atoms with Crippen LogP contribution in [0.5, 0.6) is 0 Å². The van der Waals surface area contributed by atoms with Crippen LogP contribution >= 0.6 is 0 Å². The number of carboxylic acid groups (broad SMARTS) is 1. The van der Waals surface area contributed by atoms with E-state index in [1.165, 1.54) is 4.68 Å². The molecular formula is C13H20N4O4. The molecule has 0 saturated carbocycles. The molecule has 1 unspecified atom stereocenters. The van der Waals surface area contributed by atoms with Gasteiger partial charge < -0.3 is 10.0 Å². The van der Waals surface area contributed by atoms with Crippen LogP contribution in [0.4, 0.5) is 11.5 Å². The fourth-order valence-electron chi connectivity index (χ4n) is 3.13. The lowest BCUT2D eigenvalue weighted by molar-refractivity contribution is -0.384. The van der Waals surface area contributed by atoms with Crippen LogP contribution in [-0.4, -0.2) is 38.9 Å². The SMILES string of the molecule is CCC1(C(=O)O)CCCN(c2c([N+](=O)[O-])c(C)nn2C)C1. The highest BCUT2D eigenvalue weighted by Gasteiger charge is 2.43. The summed E-state index contributed by atoms with van der Waals surface area (Å²) in [6.45, 7) is 4.32. The molecule has 1 N–H and O–H groups in total. The number of nitrogens with zero attached hydrogens (tertiary/aromatic N) is 4. The number of piperidine rings is 1. The van der Waals surface area contributed by atoms with Gasteiger partial charge in [0.25, 0.3) is 0 Å². The fraction of sp³-hybridized carbons (Fsp3) is 0.692. The van der Waals surface area contributed by atoms with E-state index in [9.17, 15) is 20.0 Å². The van der Waals surface area contributed by atoms with Gasteiger partial charge in [-0.05, 0) is 26.2 Å². The third-order valence-electron chi connectivity index (χ3n) is 4.35. The quantitative estimate of drug-likeness (QED) is 0.670. The minimum Gasteiger partial charge on any atom is -0.481 e. The molecule has 0 aromatic carbocycles. The molecule has 0 bridgehead atoms. The number of aryl methyl sites for hydroxylation is 2. The first-order chi connectivity index (χ1) is 9.82. The molecule has 1 saturated heterocycles. The molecule has 8 heteroatoms. The van der Waals surface area contributed by atoms with Crippen LogP contribution in [0, 0.1) is 22.5 Å². The largest absolute Gasteiger partial charge is 0.481 e. The normalized spacial score (nSPS) is 22.3. The molecule has 0 aliphatic carbocycles. The van der Waals surface area contributed by atoms with Gasteiger partial charge in [0.05, 0.1) is 10.3 Å². The molecule has 1 aromatic heterocycles. The van der Waals surface area contributed by atoms with E-state index < -0.39 is 16.3 Å². The summed E-state index contributed by atoms with van der Waals surface area (Å²) in [5.41, 5.74) is -0.528. The average Bonchev–Trinajstić information content (AvgIpc) is 2.73. The number of aromatic nitrogens is 2. The summed E-state index contributed by atoms with van der Waals surface area (Å²) < 4.78 is 1.47. The van der Waals surface area contributed by atoms with Crippen molar-refractivity contribution in [2.45, 2.75) is 33.1 Å². The molecule has 0 spiro atoms. The summed E-state index contributed by atoms with van der Waals surface area (Å²) in [7, 11) is 1.65. The lowest BCUT2D eigenvalue weighted by Crippen LogP contribution is -2.48. The molecular weight excluding hydrogens is 276 g/mol. The Balaban J connectivity index is 2.43. The van der Waals surface area contributed by atoms with Crippen molar-refractivity contribution in [3.05, 3.63) is 15.8 Å². The van der Waals surface area contributed by atoms with Gasteiger partial charge in [0.15, 0.2) is 0 Å². The van der Waals surface area contributed by atoms with Gasteiger partial charge in [0.2, 0.25) is 5.82 Å². The summed E-state index contributed by atoms with van der Waals surface area (Å²) >= 11 is 0. The van der Waals surface area contributed by atoms with E-state index in [4.69, 9.17) is 0 Å². The van der Waals surface area contributed by atoms with Crippen LogP contribution in [0.25, 0.3) is 0 Å². The topological polar surface area (TPSA) is 102 Å². The third kappa shape index (κ3) is 2.45. The predicted molar refractivity (Wildman–Crippen MR) is 76.4 cm³/mol. The molecule has 1 fully saturated rings. The highest BCUT2D eigenvalue weighted by Crippen LogP contribution is 2.39. The first-order valence-electron chi connectivity index (χ1n) is 6.98.